The lowest BCUT2D eigenvalue weighted by molar-refractivity contribution is -0.129. The van der Waals surface area contributed by atoms with Crippen LogP contribution in [0.25, 0.3) is 0 Å². The molecule has 1 heterocycles. The Morgan fingerprint density at radius 3 is 2.91 bits per heavy atom. The minimum atomic E-state index is -0.392. The maximum atomic E-state index is 11.4. The topological polar surface area (TPSA) is 55.1 Å². The third-order valence-electron chi connectivity index (χ3n) is 2.49. The molecule has 11 heavy (non-hydrogen) atoms. The van der Waals surface area contributed by atoms with E-state index in [0.717, 1.165) is 19.4 Å². The molecule has 0 spiro atoms. The van der Waals surface area contributed by atoms with Crippen LogP contribution in [0.15, 0.2) is 0 Å². The van der Waals surface area contributed by atoms with Gasteiger partial charge < -0.3 is 11.1 Å². The minimum absolute atomic E-state index is 0.00463. The fourth-order valence-corrected chi connectivity index (χ4v) is 1.28. The molecule has 1 rings (SSSR count). The molecule has 3 nitrogen and oxygen atoms in total. The van der Waals surface area contributed by atoms with Gasteiger partial charge in [-0.05, 0) is 26.7 Å². The average Bonchev–Trinajstić information content (AvgIpc) is 2.03. The number of carbonyl (C=O) groups excluding carboxylic acids is 1. The SMILES string of the molecule is CC1(C)C(=O)NCCCC1N. The maximum absolute atomic E-state index is 11.4. The predicted octanol–water partition coefficient (Wildman–Crippen LogP) is 0.250. The van der Waals surface area contributed by atoms with Gasteiger partial charge in [-0.25, -0.2) is 0 Å². The number of rotatable bonds is 0. The smallest absolute Gasteiger partial charge is 0.227 e. The van der Waals surface area contributed by atoms with Crippen molar-refractivity contribution in [1.29, 1.82) is 0 Å². The Balaban J connectivity index is 2.76. The van der Waals surface area contributed by atoms with E-state index >= 15 is 0 Å². The molecule has 64 valence electrons. The molecule has 1 fully saturated rings. The van der Waals surface area contributed by atoms with Gasteiger partial charge in [0, 0.05) is 12.6 Å². The van der Waals surface area contributed by atoms with E-state index in [4.69, 9.17) is 5.73 Å². The number of carbonyl (C=O) groups is 1. The van der Waals surface area contributed by atoms with Crippen LogP contribution in [0.2, 0.25) is 0 Å². The normalized spacial score (nSPS) is 30.8. The first kappa shape index (κ1) is 8.53. The van der Waals surface area contributed by atoms with Crippen LogP contribution in [0.1, 0.15) is 26.7 Å². The van der Waals surface area contributed by atoms with E-state index in [2.05, 4.69) is 5.32 Å². The zero-order chi connectivity index (χ0) is 8.48. The molecule has 0 aromatic carbocycles. The second kappa shape index (κ2) is 2.81. The monoisotopic (exact) mass is 156 g/mol. The van der Waals surface area contributed by atoms with Crippen molar-refractivity contribution >= 4 is 5.91 Å². The van der Waals surface area contributed by atoms with E-state index in [0.29, 0.717) is 0 Å². The molecule has 1 saturated heterocycles. The molecule has 1 aliphatic rings. The summed E-state index contributed by atoms with van der Waals surface area (Å²) in [7, 11) is 0. The summed E-state index contributed by atoms with van der Waals surface area (Å²) < 4.78 is 0. The first-order valence-electron chi connectivity index (χ1n) is 4.09. The molecule has 0 aromatic heterocycles. The van der Waals surface area contributed by atoms with Crippen molar-refractivity contribution in [1.82, 2.24) is 5.32 Å². The second-order valence-corrected chi connectivity index (χ2v) is 3.73. The van der Waals surface area contributed by atoms with Crippen LogP contribution in [0.3, 0.4) is 0 Å². The summed E-state index contributed by atoms with van der Waals surface area (Å²) in [5, 5.41) is 2.85. The van der Waals surface area contributed by atoms with Gasteiger partial charge in [-0.15, -0.1) is 0 Å². The van der Waals surface area contributed by atoms with Crippen LogP contribution in [-0.4, -0.2) is 18.5 Å². The number of hydrogen-bond acceptors (Lipinski definition) is 2. The van der Waals surface area contributed by atoms with Gasteiger partial charge in [-0.3, -0.25) is 4.79 Å². The quantitative estimate of drug-likeness (QED) is 0.528. The van der Waals surface area contributed by atoms with Crippen molar-refractivity contribution in [2.45, 2.75) is 32.7 Å². The van der Waals surface area contributed by atoms with Crippen LogP contribution in [0.5, 0.6) is 0 Å². The standard InChI is InChI=1S/C8H16N2O/c1-8(2)6(9)4-3-5-10-7(8)11/h6H,3-5,9H2,1-2H3,(H,10,11). The molecule has 1 amide bonds. The van der Waals surface area contributed by atoms with Crippen molar-refractivity contribution in [3.8, 4) is 0 Å². The minimum Gasteiger partial charge on any atom is -0.356 e. The van der Waals surface area contributed by atoms with E-state index in [1.165, 1.54) is 0 Å². The Morgan fingerprint density at radius 2 is 2.27 bits per heavy atom. The Hall–Kier alpha value is -0.570. The van der Waals surface area contributed by atoms with Crippen molar-refractivity contribution < 1.29 is 4.79 Å². The van der Waals surface area contributed by atoms with Crippen LogP contribution >= 0.6 is 0 Å². The number of hydrogen-bond donors (Lipinski definition) is 2. The molecule has 0 bridgehead atoms. The third kappa shape index (κ3) is 1.53. The summed E-state index contributed by atoms with van der Waals surface area (Å²) in [6.07, 6.45) is 1.93. The first-order valence-corrected chi connectivity index (χ1v) is 4.09. The summed E-state index contributed by atoms with van der Waals surface area (Å²) in [6.45, 7) is 4.58. The average molecular weight is 156 g/mol. The van der Waals surface area contributed by atoms with Gasteiger partial charge >= 0.3 is 0 Å². The zero-order valence-corrected chi connectivity index (χ0v) is 7.18. The molecule has 0 aromatic rings. The Labute approximate surface area is 67.3 Å². The van der Waals surface area contributed by atoms with E-state index in [9.17, 15) is 4.79 Å². The number of nitrogens with one attached hydrogen (secondary N) is 1. The summed E-state index contributed by atoms with van der Waals surface area (Å²) in [6, 6.07) is 0.00463. The highest BCUT2D eigenvalue weighted by molar-refractivity contribution is 5.82. The second-order valence-electron chi connectivity index (χ2n) is 3.73. The predicted molar refractivity (Wildman–Crippen MR) is 44.0 cm³/mol. The molecule has 0 radical (unpaired) electrons. The summed E-state index contributed by atoms with van der Waals surface area (Å²) >= 11 is 0. The van der Waals surface area contributed by atoms with Gasteiger partial charge in [0.2, 0.25) is 5.91 Å². The summed E-state index contributed by atoms with van der Waals surface area (Å²) in [5.41, 5.74) is 5.45. The Morgan fingerprint density at radius 1 is 1.64 bits per heavy atom. The van der Waals surface area contributed by atoms with E-state index < -0.39 is 5.41 Å². The molecule has 1 atom stereocenters. The van der Waals surface area contributed by atoms with Gasteiger partial charge in [0.15, 0.2) is 0 Å². The lowest BCUT2D eigenvalue weighted by Gasteiger charge is -2.26. The van der Waals surface area contributed by atoms with E-state index in [-0.39, 0.29) is 11.9 Å². The van der Waals surface area contributed by atoms with Crippen molar-refractivity contribution in [3.05, 3.63) is 0 Å². The highest BCUT2D eigenvalue weighted by Gasteiger charge is 2.35. The van der Waals surface area contributed by atoms with Gasteiger partial charge in [0.25, 0.3) is 0 Å². The van der Waals surface area contributed by atoms with Crippen molar-refractivity contribution in [2.24, 2.45) is 11.1 Å². The van der Waals surface area contributed by atoms with Crippen molar-refractivity contribution in [3.63, 3.8) is 0 Å². The lowest BCUT2D eigenvalue weighted by Crippen LogP contribution is -2.46. The fraction of sp³-hybridized carbons (Fsp3) is 0.875. The largest absolute Gasteiger partial charge is 0.356 e. The molecule has 0 aliphatic carbocycles. The van der Waals surface area contributed by atoms with Crippen LogP contribution in [-0.2, 0) is 4.79 Å². The van der Waals surface area contributed by atoms with E-state index in [1.807, 2.05) is 13.8 Å². The van der Waals surface area contributed by atoms with Gasteiger partial charge in [-0.1, -0.05) is 0 Å². The van der Waals surface area contributed by atoms with Crippen molar-refractivity contribution in [2.75, 3.05) is 6.54 Å². The highest BCUT2D eigenvalue weighted by Crippen LogP contribution is 2.24. The van der Waals surface area contributed by atoms with Crippen LogP contribution < -0.4 is 11.1 Å². The van der Waals surface area contributed by atoms with Crippen LogP contribution in [0, 0.1) is 5.41 Å². The molecular formula is C8H16N2O. The maximum Gasteiger partial charge on any atom is 0.227 e. The third-order valence-corrected chi connectivity index (χ3v) is 2.49. The first-order chi connectivity index (χ1) is 5.05. The molecule has 0 saturated carbocycles. The van der Waals surface area contributed by atoms with Crippen LogP contribution in [0.4, 0.5) is 0 Å². The Bertz CT molecular complexity index is 165. The number of nitrogens with two attached hydrogens (primary N) is 1. The molecule has 1 aliphatic heterocycles. The molecule has 3 N–H and O–H groups in total. The van der Waals surface area contributed by atoms with Gasteiger partial charge in [0.05, 0.1) is 5.41 Å². The van der Waals surface area contributed by atoms with Gasteiger partial charge in [-0.2, -0.15) is 0 Å². The van der Waals surface area contributed by atoms with E-state index in [1.54, 1.807) is 0 Å². The summed E-state index contributed by atoms with van der Waals surface area (Å²) in [4.78, 5) is 11.4. The molecular weight excluding hydrogens is 140 g/mol. The molecule has 1 unspecified atom stereocenters. The van der Waals surface area contributed by atoms with Gasteiger partial charge in [0.1, 0.15) is 0 Å². The fourth-order valence-electron chi connectivity index (χ4n) is 1.28. The number of amides is 1. The summed E-state index contributed by atoms with van der Waals surface area (Å²) in [5.74, 6) is 0.0856. The lowest BCUT2D eigenvalue weighted by atomic mass is 9.83. The molecule has 3 heteroatoms. The zero-order valence-electron chi connectivity index (χ0n) is 7.18. The highest BCUT2D eigenvalue weighted by atomic mass is 16.2. The Kier molecular flexibility index (Phi) is 2.18.